The number of para-hydroxylation sites is 2. The van der Waals surface area contributed by atoms with E-state index >= 15 is 0 Å². The molecule has 2 heterocycles. The standard InChI is InChI=1S/C61H64N2/c1-5-7-9-11-13-19-37-61(38-20-14-12-10-8-6-2)55-40-44(4)31-33-49(55)50-34-32-46(42-56(50)61)45-24-22-26-48(41-45)63-58-30-18-16-28-52(58)54-36-35-53-51-27-15-17-29-57(51)62(59(53)60(54)63)47-25-21-23-43(3)39-47/h15-18,21-36,39-42H,5-14,19-20,37-38H2,1-4H3. The van der Waals surface area contributed by atoms with Gasteiger partial charge in [0, 0.05) is 38.3 Å². The van der Waals surface area contributed by atoms with Crippen LogP contribution in [0.15, 0.2) is 146 Å². The molecule has 318 valence electrons. The maximum absolute atomic E-state index is 2.62. The minimum atomic E-state index is 0.0431. The van der Waals surface area contributed by atoms with Crippen molar-refractivity contribution in [1.29, 1.82) is 0 Å². The van der Waals surface area contributed by atoms with Crippen molar-refractivity contribution in [1.82, 2.24) is 9.13 Å². The average Bonchev–Trinajstić information content (AvgIpc) is 3.92. The summed E-state index contributed by atoms with van der Waals surface area (Å²) in [5.74, 6) is 0. The highest BCUT2D eigenvalue weighted by Crippen LogP contribution is 2.55. The number of nitrogens with zero attached hydrogens (tertiary/aromatic N) is 2. The minimum Gasteiger partial charge on any atom is -0.307 e. The zero-order valence-electron chi connectivity index (χ0n) is 38.2. The smallest absolute Gasteiger partial charge is 0.0788 e. The molecule has 0 atom stereocenters. The van der Waals surface area contributed by atoms with E-state index in [2.05, 4.69) is 182 Å². The van der Waals surface area contributed by atoms with Gasteiger partial charge in [0.25, 0.3) is 0 Å². The Kier molecular flexibility index (Phi) is 11.6. The molecule has 0 unspecified atom stereocenters. The van der Waals surface area contributed by atoms with E-state index in [1.807, 2.05) is 0 Å². The summed E-state index contributed by atoms with van der Waals surface area (Å²) in [5, 5.41) is 5.11. The maximum atomic E-state index is 2.62. The van der Waals surface area contributed by atoms with Crippen molar-refractivity contribution in [3.05, 3.63) is 168 Å². The molecule has 2 aromatic heterocycles. The zero-order chi connectivity index (χ0) is 42.9. The van der Waals surface area contributed by atoms with Gasteiger partial charge < -0.3 is 9.13 Å². The van der Waals surface area contributed by atoms with Gasteiger partial charge in [0.2, 0.25) is 0 Å². The molecule has 0 aliphatic heterocycles. The van der Waals surface area contributed by atoms with Gasteiger partial charge >= 0.3 is 0 Å². The van der Waals surface area contributed by atoms with E-state index in [1.165, 1.54) is 178 Å². The Bertz CT molecular complexity index is 3060. The van der Waals surface area contributed by atoms with Crippen LogP contribution in [0.2, 0.25) is 0 Å². The molecule has 0 bridgehead atoms. The summed E-state index contributed by atoms with van der Waals surface area (Å²) in [7, 11) is 0. The van der Waals surface area contributed by atoms with Crippen molar-refractivity contribution in [3.63, 3.8) is 0 Å². The summed E-state index contributed by atoms with van der Waals surface area (Å²) in [6, 6.07) is 55.9. The number of rotatable bonds is 17. The first kappa shape index (κ1) is 41.2. The second kappa shape index (κ2) is 17.7. The van der Waals surface area contributed by atoms with Gasteiger partial charge in [-0.3, -0.25) is 0 Å². The van der Waals surface area contributed by atoms with E-state index in [0.717, 1.165) is 0 Å². The van der Waals surface area contributed by atoms with Gasteiger partial charge in [0.15, 0.2) is 0 Å². The highest BCUT2D eigenvalue weighted by Gasteiger charge is 2.42. The Hall–Kier alpha value is -5.86. The molecule has 9 aromatic rings. The fraction of sp³-hybridized carbons (Fsp3) is 0.311. The first-order valence-electron chi connectivity index (χ1n) is 24.4. The summed E-state index contributed by atoms with van der Waals surface area (Å²) in [4.78, 5) is 0. The third-order valence-electron chi connectivity index (χ3n) is 14.6. The molecule has 1 aliphatic rings. The Labute approximate surface area is 375 Å². The maximum Gasteiger partial charge on any atom is 0.0788 e. The molecular formula is C61H64N2. The first-order chi connectivity index (χ1) is 31.0. The monoisotopic (exact) mass is 825 g/mol. The van der Waals surface area contributed by atoms with Gasteiger partial charge in [-0.15, -0.1) is 0 Å². The fourth-order valence-electron chi connectivity index (χ4n) is 11.5. The van der Waals surface area contributed by atoms with Crippen molar-refractivity contribution in [2.24, 2.45) is 0 Å². The summed E-state index contributed by atoms with van der Waals surface area (Å²) in [6.45, 7) is 9.14. The molecule has 0 saturated heterocycles. The van der Waals surface area contributed by atoms with Crippen molar-refractivity contribution in [2.75, 3.05) is 0 Å². The molecule has 2 nitrogen and oxygen atoms in total. The molecule has 0 radical (unpaired) electrons. The third kappa shape index (κ3) is 7.40. The Morgan fingerprint density at radius 2 is 0.873 bits per heavy atom. The van der Waals surface area contributed by atoms with Gasteiger partial charge in [0.05, 0.1) is 22.1 Å². The number of fused-ring (bicyclic) bond motifs is 10. The molecule has 0 fully saturated rings. The SMILES string of the molecule is CCCCCCCCC1(CCCCCCCC)c2cc(C)ccc2-c2ccc(-c3cccc(-n4c5ccccc5c5ccc6c7ccccc7n(-c7cccc(C)c7)c6c54)c3)cc21. The van der Waals surface area contributed by atoms with Crippen molar-refractivity contribution >= 4 is 43.6 Å². The number of unbranched alkanes of at least 4 members (excludes halogenated alkanes) is 10. The zero-order valence-corrected chi connectivity index (χ0v) is 38.2. The molecule has 0 spiro atoms. The topological polar surface area (TPSA) is 9.86 Å². The second-order valence-corrected chi connectivity index (χ2v) is 18.9. The Morgan fingerprint density at radius 3 is 1.48 bits per heavy atom. The van der Waals surface area contributed by atoms with Crippen LogP contribution in [0.3, 0.4) is 0 Å². The predicted octanol–water partition coefficient (Wildman–Crippen LogP) is 17.9. The van der Waals surface area contributed by atoms with E-state index in [1.54, 1.807) is 11.1 Å². The van der Waals surface area contributed by atoms with E-state index in [4.69, 9.17) is 0 Å². The molecule has 0 saturated carbocycles. The second-order valence-electron chi connectivity index (χ2n) is 18.9. The van der Waals surface area contributed by atoms with Crippen LogP contribution < -0.4 is 0 Å². The summed E-state index contributed by atoms with van der Waals surface area (Å²) < 4.78 is 5.06. The number of benzene rings is 7. The Balaban J connectivity index is 1.13. The number of hydrogen-bond acceptors (Lipinski definition) is 0. The number of hydrogen-bond donors (Lipinski definition) is 0. The van der Waals surface area contributed by atoms with Crippen LogP contribution in [0.4, 0.5) is 0 Å². The van der Waals surface area contributed by atoms with Crippen LogP contribution >= 0.6 is 0 Å². The van der Waals surface area contributed by atoms with E-state index < -0.39 is 0 Å². The minimum absolute atomic E-state index is 0.0431. The summed E-state index contributed by atoms with van der Waals surface area (Å²) in [5.41, 5.74) is 18.7. The Morgan fingerprint density at radius 1 is 0.381 bits per heavy atom. The molecule has 0 N–H and O–H groups in total. The van der Waals surface area contributed by atoms with Crippen molar-refractivity contribution in [3.8, 4) is 33.6 Å². The van der Waals surface area contributed by atoms with Gasteiger partial charge in [-0.2, -0.15) is 0 Å². The van der Waals surface area contributed by atoms with Gasteiger partial charge in [-0.05, 0) is 108 Å². The number of aromatic nitrogens is 2. The van der Waals surface area contributed by atoms with Crippen LogP contribution in [-0.4, -0.2) is 9.13 Å². The van der Waals surface area contributed by atoms with Crippen LogP contribution in [-0.2, 0) is 5.41 Å². The average molecular weight is 825 g/mol. The lowest BCUT2D eigenvalue weighted by Gasteiger charge is -2.33. The predicted molar refractivity (Wildman–Crippen MR) is 272 cm³/mol. The molecule has 2 heteroatoms. The van der Waals surface area contributed by atoms with E-state index in [-0.39, 0.29) is 5.41 Å². The van der Waals surface area contributed by atoms with Crippen LogP contribution in [0.25, 0.3) is 77.2 Å². The molecule has 63 heavy (non-hydrogen) atoms. The molecule has 0 amide bonds. The lowest BCUT2D eigenvalue weighted by molar-refractivity contribution is 0.398. The van der Waals surface area contributed by atoms with E-state index in [9.17, 15) is 0 Å². The molecular weight excluding hydrogens is 761 g/mol. The highest BCUT2D eigenvalue weighted by atomic mass is 15.0. The molecule has 10 rings (SSSR count). The lowest BCUT2D eigenvalue weighted by atomic mass is 9.70. The highest BCUT2D eigenvalue weighted by molar-refractivity contribution is 6.23. The van der Waals surface area contributed by atoms with Crippen LogP contribution in [0.1, 0.15) is 126 Å². The van der Waals surface area contributed by atoms with Gasteiger partial charge in [0.1, 0.15) is 0 Å². The molecule has 7 aromatic carbocycles. The quantitative estimate of drug-likeness (QED) is 0.0810. The third-order valence-corrected chi connectivity index (χ3v) is 14.6. The molecule has 1 aliphatic carbocycles. The normalized spacial score (nSPS) is 13.1. The summed E-state index contributed by atoms with van der Waals surface area (Å²) >= 11 is 0. The van der Waals surface area contributed by atoms with Crippen LogP contribution in [0.5, 0.6) is 0 Å². The van der Waals surface area contributed by atoms with E-state index in [0.29, 0.717) is 0 Å². The summed E-state index contributed by atoms with van der Waals surface area (Å²) in [6.07, 6.45) is 18.4. The first-order valence-corrected chi connectivity index (χ1v) is 24.4. The largest absolute Gasteiger partial charge is 0.307 e. The lowest BCUT2D eigenvalue weighted by Crippen LogP contribution is -2.25. The fourth-order valence-corrected chi connectivity index (χ4v) is 11.5. The van der Waals surface area contributed by atoms with Gasteiger partial charge in [-0.25, -0.2) is 0 Å². The van der Waals surface area contributed by atoms with Crippen LogP contribution in [0, 0.1) is 13.8 Å². The van der Waals surface area contributed by atoms with Crippen molar-refractivity contribution < 1.29 is 0 Å². The van der Waals surface area contributed by atoms with Crippen molar-refractivity contribution in [2.45, 2.75) is 123 Å². The number of aryl methyl sites for hydroxylation is 2. The van der Waals surface area contributed by atoms with Gasteiger partial charge in [-0.1, -0.05) is 200 Å².